The minimum Gasteiger partial charge on any atom is -0.352 e. The highest BCUT2D eigenvalue weighted by molar-refractivity contribution is 5.93. The van der Waals surface area contributed by atoms with Gasteiger partial charge in [0.25, 0.3) is 5.91 Å². The first-order valence-electron chi connectivity index (χ1n) is 6.57. The molecular formula is C14H21FN2O. The molecule has 18 heavy (non-hydrogen) atoms. The lowest BCUT2D eigenvalue weighted by Gasteiger charge is -2.15. The van der Waals surface area contributed by atoms with E-state index in [1.807, 2.05) is 0 Å². The van der Waals surface area contributed by atoms with Gasteiger partial charge in [0.2, 0.25) is 5.95 Å². The number of rotatable bonds is 7. The highest BCUT2D eigenvalue weighted by Crippen LogP contribution is 2.11. The van der Waals surface area contributed by atoms with Gasteiger partial charge in [-0.05, 0) is 24.5 Å². The second-order valence-corrected chi connectivity index (χ2v) is 4.50. The van der Waals surface area contributed by atoms with Crippen LogP contribution in [0.25, 0.3) is 0 Å². The van der Waals surface area contributed by atoms with Gasteiger partial charge in [-0.2, -0.15) is 4.39 Å². The molecule has 1 unspecified atom stereocenters. The first-order chi connectivity index (χ1) is 8.67. The zero-order valence-corrected chi connectivity index (χ0v) is 11.1. The van der Waals surface area contributed by atoms with Crippen LogP contribution in [0.5, 0.6) is 0 Å². The van der Waals surface area contributed by atoms with Crippen molar-refractivity contribution in [3.05, 3.63) is 29.8 Å². The van der Waals surface area contributed by atoms with Crippen molar-refractivity contribution >= 4 is 5.91 Å². The normalized spacial score (nSPS) is 12.2. The molecule has 0 fully saturated rings. The Labute approximate surface area is 108 Å². The Kier molecular flexibility index (Phi) is 6.33. The SMILES string of the molecule is CCCCC(CC)CNC(=O)c1ccc(F)nc1. The number of pyridine rings is 1. The largest absolute Gasteiger partial charge is 0.352 e. The van der Waals surface area contributed by atoms with Crippen LogP contribution in [0.4, 0.5) is 4.39 Å². The summed E-state index contributed by atoms with van der Waals surface area (Å²) in [7, 11) is 0. The molecular weight excluding hydrogens is 231 g/mol. The van der Waals surface area contributed by atoms with Crippen LogP contribution in [-0.4, -0.2) is 17.4 Å². The Balaban J connectivity index is 2.42. The van der Waals surface area contributed by atoms with Crippen LogP contribution in [0, 0.1) is 11.9 Å². The van der Waals surface area contributed by atoms with Gasteiger partial charge in [-0.1, -0.05) is 33.1 Å². The summed E-state index contributed by atoms with van der Waals surface area (Å²) in [5, 5.41) is 2.88. The summed E-state index contributed by atoms with van der Waals surface area (Å²) < 4.78 is 12.6. The second-order valence-electron chi connectivity index (χ2n) is 4.50. The number of nitrogens with one attached hydrogen (secondary N) is 1. The van der Waals surface area contributed by atoms with Gasteiger partial charge in [-0.15, -0.1) is 0 Å². The summed E-state index contributed by atoms with van der Waals surface area (Å²) in [6.07, 6.45) is 5.81. The number of carbonyl (C=O) groups excluding carboxylic acids is 1. The average molecular weight is 252 g/mol. The van der Waals surface area contributed by atoms with E-state index in [1.54, 1.807) is 0 Å². The summed E-state index contributed by atoms with van der Waals surface area (Å²) in [5.41, 5.74) is 0.404. The third kappa shape index (κ3) is 4.82. The van der Waals surface area contributed by atoms with E-state index in [-0.39, 0.29) is 5.91 Å². The molecule has 0 aliphatic rings. The van der Waals surface area contributed by atoms with Crippen molar-refractivity contribution in [3.63, 3.8) is 0 Å². The Hall–Kier alpha value is -1.45. The van der Waals surface area contributed by atoms with E-state index in [0.29, 0.717) is 18.0 Å². The quantitative estimate of drug-likeness (QED) is 0.757. The van der Waals surface area contributed by atoms with Crippen LogP contribution in [0.1, 0.15) is 49.9 Å². The number of hydrogen-bond donors (Lipinski definition) is 1. The van der Waals surface area contributed by atoms with Gasteiger partial charge in [0.1, 0.15) is 0 Å². The van der Waals surface area contributed by atoms with Crippen molar-refractivity contribution in [2.45, 2.75) is 39.5 Å². The summed E-state index contributed by atoms with van der Waals surface area (Å²) >= 11 is 0. The van der Waals surface area contributed by atoms with E-state index in [2.05, 4.69) is 24.1 Å². The van der Waals surface area contributed by atoms with Crippen LogP contribution in [0.15, 0.2) is 18.3 Å². The molecule has 0 aliphatic heterocycles. The van der Waals surface area contributed by atoms with Crippen LogP contribution < -0.4 is 5.32 Å². The minimum absolute atomic E-state index is 0.183. The molecule has 0 aliphatic carbocycles. The minimum atomic E-state index is -0.569. The molecule has 0 bridgehead atoms. The van der Waals surface area contributed by atoms with Crippen molar-refractivity contribution in [1.82, 2.24) is 10.3 Å². The Morgan fingerprint density at radius 1 is 1.44 bits per heavy atom. The van der Waals surface area contributed by atoms with Crippen molar-refractivity contribution in [2.24, 2.45) is 5.92 Å². The predicted octanol–water partition coefficient (Wildman–Crippen LogP) is 3.17. The predicted molar refractivity (Wildman–Crippen MR) is 69.8 cm³/mol. The molecule has 1 heterocycles. The molecule has 1 amide bonds. The summed E-state index contributed by atoms with van der Waals surface area (Å²) in [5.74, 6) is -0.235. The zero-order chi connectivity index (χ0) is 13.4. The number of carbonyl (C=O) groups is 1. The van der Waals surface area contributed by atoms with E-state index in [0.717, 1.165) is 12.8 Å². The van der Waals surface area contributed by atoms with Gasteiger partial charge in [0, 0.05) is 12.7 Å². The molecule has 1 aromatic heterocycles. The maximum atomic E-state index is 12.6. The van der Waals surface area contributed by atoms with Gasteiger partial charge in [0.05, 0.1) is 5.56 Å². The molecule has 3 nitrogen and oxygen atoms in total. The molecule has 0 saturated carbocycles. The lowest BCUT2D eigenvalue weighted by atomic mass is 9.99. The first-order valence-corrected chi connectivity index (χ1v) is 6.57. The number of amides is 1. The zero-order valence-electron chi connectivity index (χ0n) is 11.1. The van der Waals surface area contributed by atoms with E-state index in [4.69, 9.17) is 0 Å². The lowest BCUT2D eigenvalue weighted by Crippen LogP contribution is -2.29. The van der Waals surface area contributed by atoms with Gasteiger partial charge in [0.15, 0.2) is 0 Å². The van der Waals surface area contributed by atoms with Crippen molar-refractivity contribution < 1.29 is 9.18 Å². The molecule has 0 spiro atoms. The van der Waals surface area contributed by atoms with Crippen LogP contribution in [0.2, 0.25) is 0 Å². The Morgan fingerprint density at radius 3 is 2.78 bits per heavy atom. The maximum Gasteiger partial charge on any atom is 0.252 e. The third-order valence-electron chi connectivity index (χ3n) is 3.08. The second kappa shape index (κ2) is 7.80. The molecule has 1 aromatic rings. The molecule has 0 saturated heterocycles. The van der Waals surface area contributed by atoms with Gasteiger partial charge in [-0.3, -0.25) is 4.79 Å². The third-order valence-corrected chi connectivity index (χ3v) is 3.08. The number of unbranched alkanes of at least 4 members (excludes halogenated alkanes) is 1. The molecule has 0 radical (unpaired) electrons. The highest BCUT2D eigenvalue weighted by atomic mass is 19.1. The van der Waals surface area contributed by atoms with Gasteiger partial charge in [-0.25, -0.2) is 4.98 Å². The van der Waals surface area contributed by atoms with E-state index in [9.17, 15) is 9.18 Å². The number of halogens is 1. The number of aromatic nitrogens is 1. The fourth-order valence-corrected chi connectivity index (χ4v) is 1.79. The molecule has 1 atom stereocenters. The Morgan fingerprint density at radius 2 is 2.22 bits per heavy atom. The monoisotopic (exact) mass is 252 g/mol. The molecule has 4 heteroatoms. The van der Waals surface area contributed by atoms with Gasteiger partial charge >= 0.3 is 0 Å². The van der Waals surface area contributed by atoms with E-state index >= 15 is 0 Å². The maximum absolute atomic E-state index is 12.6. The van der Waals surface area contributed by atoms with Crippen LogP contribution in [0.3, 0.4) is 0 Å². The van der Waals surface area contributed by atoms with Gasteiger partial charge < -0.3 is 5.32 Å². The average Bonchev–Trinajstić information content (AvgIpc) is 2.39. The van der Waals surface area contributed by atoms with Crippen molar-refractivity contribution in [1.29, 1.82) is 0 Å². The summed E-state index contributed by atoms with van der Waals surface area (Å²) in [6.45, 7) is 4.97. The number of hydrogen-bond acceptors (Lipinski definition) is 2. The van der Waals surface area contributed by atoms with Crippen molar-refractivity contribution in [3.8, 4) is 0 Å². The van der Waals surface area contributed by atoms with E-state index in [1.165, 1.54) is 31.2 Å². The Bertz CT molecular complexity index is 365. The number of nitrogens with zero attached hydrogens (tertiary/aromatic N) is 1. The summed E-state index contributed by atoms with van der Waals surface area (Å²) in [4.78, 5) is 15.2. The molecule has 1 rings (SSSR count). The molecule has 1 N–H and O–H groups in total. The highest BCUT2D eigenvalue weighted by Gasteiger charge is 2.10. The lowest BCUT2D eigenvalue weighted by molar-refractivity contribution is 0.0945. The molecule has 100 valence electrons. The first kappa shape index (κ1) is 14.6. The fourth-order valence-electron chi connectivity index (χ4n) is 1.79. The standard InChI is InChI=1S/C14H21FN2O/c1-3-5-6-11(4-2)9-17-14(18)12-7-8-13(15)16-10-12/h7-8,10-11H,3-6,9H2,1-2H3,(H,17,18). The summed E-state index contributed by atoms with van der Waals surface area (Å²) in [6, 6.07) is 2.65. The van der Waals surface area contributed by atoms with Crippen molar-refractivity contribution in [2.75, 3.05) is 6.54 Å². The van der Waals surface area contributed by atoms with E-state index < -0.39 is 5.95 Å². The fraction of sp³-hybridized carbons (Fsp3) is 0.571. The van der Waals surface area contributed by atoms with Crippen LogP contribution >= 0.6 is 0 Å². The van der Waals surface area contributed by atoms with Crippen LogP contribution in [-0.2, 0) is 0 Å². The topological polar surface area (TPSA) is 42.0 Å². The molecule has 0 aromatic carbocycles. The smallest absolute Gasteiger partial charge is 0.252 e.